The highest BCUT2D eigenvalue weighted by molar-refractivity contribution is 7.00. The van der Waals surface area contributed by atoms with E-state index in [1.165, 1.54) is 78.1 Å². The molecule has 0 unspecified atom stereocenters. The second-order valence-corrected chi connectivity index (χ2v) is 23.0. The van der Waals surface area contributed by atoms with Crippen molar-refractivity contribution < 1.29 is 4.42 Å². The number of rotatable bonds is 2. The van der Waals surface area contributed by atoms with Crippen molar-refractivity contribution in [3.05, 3.63) is 124 Å². The zero-order valence-corrected chi connectivity index (χ0v) is 37.5. The van der Waals surface area contributed by atoms with Crippen LogP contribution in [0.5, 0.6) is 0 Å². The van der Waals surface area contributed by atoms with Gasteiger partial charge in [0, 0.05) is 33.8 Å². The number of hydrogen-bond donors (Lipinski definition) is 0. The summed E-state index contributed by atoms with van der Waals surface area (Å²) in [6.07, 6.45) is 2.26. The summed E-state index contributed by atoms with van der Waals surface area (Å²) in [4.78, 5) is 5.13. The summed E-state index contributed by atoms with van der Waals surface area (Å²) in [6, 6.07) is 35.7. The molecule has 1 aromatic heterocycles. The molecule has 0 spiro atoms. The lowest BCUT2D eigenvalue weighted by molar-refractivity contribution is 0.403. The van der Waals surface area contributed by atoms with Gasteiger partial charge in [0.05, 0.1) is 11.3 Å². The first-order valence-electron chi connectivity index (χ1n) is 21.7. The topological polar surface area (TPSA) is 19.6 Å². The van der Waals surface area contributed by atoms with Gasteiger partial charge in [0.25, 0.3) is 6.71 Å². The van der Waals surface area contributed by atoms with E-state index in [9.17, 15) is 0 Å². The molecule has 10 rings (SSSR count). The quantitative estimate of drug-likeness (QED) is 0.163. The molecule has 0 saturated heterocycles. The van der Waals surface area contributed by atoms with Crippen molar-refractivity contribution >= 4 is 68.4 Å². The summed E-state index contributed by atoms with van der Waals surface area (Å²) in [5.41, 5.74) is 20.8. The van der Waals surface area contributed by atoms with E-state index in [0.717, 1.165) is 29.8 Å². The average molecular weight is 765 g/mol. The number of nitrogens with zero attached hydrogens (tertiary/aromatic N) is 2. The summed E-state index contributed by atoms with van der Waals surface area (Å²) in [5.74, 6) is 0. The minimum Gasteiger partial charge on any atom is -0.468 e. The molecule has 0 fully saturated rings. The van der Waals surface area contributed by atoms with E-state index in [-0.39, 0.29) is 39.2 Å². The monoisotopic (exact) mass is 764 g/mol. The Labute approximate surface area is 347 Å². The fourth-order valence-electron chi connectivity index (χ4n) is 12.1. The lowest BCUT2D eigenvalue weighted by Gasteiger charge is -2.43. The van der Waals surface area contributed by atoms with Gasteiger partial charge in [-0.1, -0.05) is 133 Å². The third kappa shape index (κ3) is 5.25. The fraction of sp³-hybridized carbons (Fsp3) is 0.407. The first-order valence-corrected chi connectivity index (χ1v) is 21.7. The van der Waals surface area contributed by atoms with Gasteiger partial charge in [0.1, 0.15) is 5.58 Å². The van der Waals surface area contributed by atoms with E-state index >= 15 is 0 Å². The second kappa shape index (κ2) is 11.5. The van der Waals surface area contributed by atoms with Gasteiger partial charge >= 0.3 is 0 Å². The normalized spacial score (nSPS) is 19.2. The van der Waals surface area contributed by atoms with Crippen molar-refractivity contribution in [1.29, 1.82) is 0 Å². The molecule has 296 valence electrons. The average Bonchev–Trinajstić information content (AvgIpc) is 3.66. The summed E-state index contributed by atoms with van der Waals surface area (Å²) in [5, 5.41) is 1.17. The maximum absolute atomic E-state index is 7.30. The van der Waals surface area contributed by atoms with Crippen molar-refractivity contribution in [3.8, 4) is 0 Å². The van der Waals surface area contributed by atoms with Gasteiger partial charge in [0.2, 0.25) is 0 Å². The van der Waals surface area contributed by atoms with Gasteiger partial charge in [-0.25, -0.2) is 0 Å². The van der Waals surface area contributed by atoms with Crippen LogP contribution in [0, 0.1) is 0 Å². The maximum atomic E-state index is 7.30. The van der Waals surface area contributed by atoms with E-state index < -0.39 is 0 Å². The molecular weight excluding hydrogens is 703 g/mol. The van der Waals surface area contributed by atoms with Crippen LogP contribution in [0.25, 0.3) is 11.0 Å². The van der Waals surface area contributed by atoms with E-state index in [2.05, 4.69) is 198 Å². The third-order valence-corrected chi connectivity index (χ3v) is 14.5. The molecule has 2 aliphatic carbocycles. The van der Waals surface area contributed by atoms with Crippen LogP contribution in [0.2, 0.25) is 0 Å². The van der Waals surface area contributed by atoms with E-state index in [1.54, 1.807) is 0 Å². The number of hydrogen-bond acceptors (Lipinski definition) is 3. The molecular formula is C54H61BN2O. The SMILES string of the molecule is CC(C)(C)c1ccc(N2c3cccc4c3B(c3cc5c(cc3N4c3ccc4c(c3)C(C)(C)CC4(C)C)C(C)(C)CC5(C)C)c3oc4ccc(C(C)(C)C)cc4c32)cc1. The molecule has 4 aliphatic rings. The zero-order valence-electron chi connectivity index (χ0n) is 37.5. The van der Waals surface area contributed by atoms with Crippen molar-refractivity contribution in [3.63, 3.8) is 0 Å². The minimum atomic E-state index is -0.0716. The Balaban J connectivity index is 1.31. The Kier molecular flexibility index (Phi) is 7.46. The van der Waals surface area contributed by atoms with Crippen LogP contribution in [0.3, 0.4) is 0 Å². The molecule has 0 radical (unpaired) electrons. The highest BCUT2D eigenvalue weighted by atomic mass is 16.3. The van der Waals surface area contributed by atoms with Crippen molar-refractivity contribution in [2.75, 3.05) is 9.80 Å². The van der Waals surface area contributed by atoms with Crippen molar-refractivity contribution in [2.24, 2.45) is 0 Å². The summed E-state index contributed by atoms with van der Waals surface area (Å²) < 4.78 is 7.30. The van der Waals surface area contributed by atoms with Gasteiger partial charge in [-0.3, -0.25) is 0 Å². The molecule has 3 nitrogen and oxygen atoms in total. The second-order valence-electron chi connectivity index (χ2n) is 23.0. The van der Waals surface area contributed by atoms with Gasteiger partial charge < -0.3 is 14.2 Å². The van der Waals surface area contributed by atoms with E-state index in [4.69, 9.17) is 4.42 Å². The van der Waals surface area contributed by atoms with Crippen molar-refractivity contribution in [2.45, 2.75) is 142 Å². The molecule has 3 heterocycles. The molecule has 0 bridgehead atoms. The van der Waals surface area contributed by atoms with Crippen LogP contribution < -0.4 is 26.4 Å². The predicted octanol–water partition coefficient (Wildman–Crippen LogP) is 13.0. The molecule has 2 aliphatic heterocycles. The lowest BCUT2D eigenvalue weighted by Crippen LogP contribution is -2.61. The van der Waals surface area contributed by atoms with Crippen LogP contribution in [0.15, 0.2) is 95.4 Å². The van der Waals surface area contributed by atoms with Crippen LogP contribution in [0.1, 0.15) is 143 Å². The van der Waals surface area contributed by atoms with Gasteiger partial charge in [-0.05, 0) is 144 Å². The maximum Gasteiger partial charge on any atom is 0.297 e. The van der Waals surface area contributed by atoms with Crippen LogP contribution >= 0.6 is 0 Å². The summed E-state index contributed by atoms with van der Waals surface area (Å²) in [7, 11) is 0. The Morgan fingerprint density at radius 2 is 1.05 bits per heavy atom. The highest BCUT2D eigenvalue weighted by Gasteiger charge is 2.50. The molecule has 0 saturated carbocycles. The zero-order chi connectivity index (χ0) is 41.3. The lowest BCUT2D eigenvalue weighted by atomic mass is 9.35. The highest BCUT2D eigenvalue weighted by Crippen LogP contribution is 2.55. The summed E-state index contributed by atoms with van der Waals surface area (Å²) >= 11 is 0. The smallest absolute Gasteiger partial charge is 0.297 e. The molecule has 5 aromatic carbocycles. The standard InChI is InChI=1S/C54H61BN2O/c1-49(2,3)32-18-21-34(22-19-32)57-43-17-15-16-42-46(43)55(48-47(57)36-26-33(50(4,5)6)20-25-45(36)58-48)41-28-39-40(54(13,14)31-53(39,11)12)29-44(41)56(42)35-23-24-37-38(27-35)52(9,10)30-51(37,7)8/h15-29H,30-31H2,1-14H3. The molecule has 0 N–H and O–H groups in total. The molecule has 58 heavy (non-hydrogen) atoms. The van der Waals surface area contributed by atoms with E-state index in [1.807, 2.05) is 0 Å². The molecule has 4 heteroatoms. The summed E-state index contributed by atoms with van der Waals surface area (Å²) in [6.45, 7) is 33.2. The first-order chi connectivity index (χ1) is 27.0. The van der Waals surface area contributed by atoms with Gasteiger partial charge in [0.15, 0.2) is 0 Å². The van der Waals surface area contributed by atoms with E-state index in [0.29, 0.717) is 0 Å². The van der Waals surface area contributed by atoms with Crippen LogP contribution in [-0.2, 0) is 32.5 Å². The third-order valence-electron chi connectivity index (χ3n) is 14.5. The number of fused-ring (bicyclic) bond motifs is 8. The molecule has 0 amide bonds. The van der Waals surface area contributed by atoms with Crippen LogP contribution in [0.4, 0.5) is 34.1 Å². The Morgan fingerprint density at radius 3 is 1.67 bits per heavy atom. The van der Waals surface area contributed by atoms with Crippen LogP contribution in [-0.4, -0.2) is 6.71 Å². The first kappa shape index (κ1) is 37.6. The minimum absolute atomic E-state index is 0.00616. The Morgan fingerprint density at radius 1 is 0.517 bits per heavy atom. The predicted molar refractivity (Wildman–Crippen MR) is 249 cm³/mol. The number of furan rings is 1. The molecule has 0 atom stereocenters. The Hall–Kier alpha value is -4.70. The number of benzene rings is 5. The number of anilines is 6. The fourth-order valence-corrected chi connectivity index (χ4v) is 12.1. The van der Waals surface area contributed by atoms with Gasteiger partial charge in [-0.15, -0.1) is 0 Å². The van der Waals surface area contributed by atoms with Crippen molar-refractivity contribution in [1.82, 2.24) is 0 Å². The molecule has 6 aromatic rings. The Bertz CT molecular complexity index is 2710. The van der Waals surface area contributed by atoms with Gasteiger partial charge in [-0.2, -0.15) is 0 Å². The largest absolute Gasteiger partial charge is 0.468 e.